The molecule has 1 fully saturated rings. The SMILES string of the molecule is Cc1nccn1-c1cccc(C2CCN(Cc3cccnc3)CC2)n1. The third-order valence-corrected chi connectivity index (χ3v) is 4.96. The molecule has 0 saturated carbocycles. The summed E-state index contributed by atoms with van der Waals surface area (Å²) in [6, 6.07) is 10.5. The van der Waals surface area contributed by atoms with E-state index >= 15 is 0 Å². The highest BCUT2D eigenvalue weighted by molar-refractivity contribution is 5.28. The van der Waals surface area contributed by atoms with Gasteiger partial charge >= 0.3 is 0 Å². The van der Waals surface area contributed by atoms with Crippen molar-refractivity contribution in [3.8, 4) is 5.82 Å². The molecule has 1 aliphatic heterocycles. The number of nitrogens with zero attached hydrogens (tertiary/aromatic N) is 5. The Balaban J connectivity index is 1.42. The Hall–Kier alpha value is -2.53. The van der Waals surface area contributed by atoms with Crippen LogP contribution in [0.25, 0.3) is 5.82 Å². The predicted octanol–water partition coefficient (Wildman–Crippen LogP) is 3.35. The maximum absolute atomic E-state index is 4.90. The van der Waals surface area contributed by atoms with E-state index in [4.69, 9.17) is 4.98 Å². The van der Waals surface area contributed by atoms with Gasteiger partial charge in [0.05, 0.1) is 0 Å². The largest absolute Gasteiger partial charge is 0.299 e. The maximum Gasteiger partial charge on any atom is 0.138 e. The van der Waals surface area contributed by atoms with Crippen LogP contribution in [0, 0.1) is 6.92 Å². The molecule has 0 unspecified atom stereocenters. The first kappa shape index (κ1) is 16.0. The van der Waals surface area contributed by atoms with Crippen LogP contribution in [0.5, 0.6) is 0 Å². The highest BCUT2D eigenvalue weighted by Gasteiger charge is 2.22. The smallest absolute Gasteiger partial charge is 0.138 e. The Morgan fingerprint density at radius 1 is 1.08 bits per heavy atom. The fraction of sp³-hybridized carbons (Fsp3) is 0.350. The molecule has 0 aliphatic carbocycles. The van der Waals surface area contributed by atoms with Crippen molar-refractivity contribution in [3.05, 3.63) is 72.2 Å². The molecule has 5 nitrogen and oxygen atoms in total. The molecule has 4 rings (SSSR count). The van der Waals surface area contributed by atoms with Crippen LogP contribution >= 0.6 is 0 Å². The standard InChI is InChI=1S/C20H23N5/c1-16-22-10-13-25(16)20-6-2-5-19(23-20)18-7-11-24(12-8-18)15-17-4-3-9-21-14-17/h2-6,9-10,13-14,18H,7-8,11-12,15H2,1H3. The van der Waals surface area contributed by atoms with Gasteiger partial charge in [0.2, 0.25) is 0 Å². The minimum Gasteiger partial charge on any atom is -0.299 e. The van der Waals surface area contributed by atoms with Crippen LogP contribution in [0.15, 0.2) is 55.1 Å². The molecule has 0 N–H and O–H groups in total. The molecule has 0 aromatic carbocycles. The Labute approximate surface area is 148 Å². The second-order valence-corrected chi connectivity index (χ2v) is 6.68. The predicted molar refractivity (Wildman–Crippen MR) is 97.6 cm³/mol. The van der Waals surface area contributed by atoms with E-state index in [1.807, 2.05) is 42.3 Å². The summed E-state index contributed by atoms with van der Waals surface area (Å²) >= 11 is 0. The normalized spacial score (nSPS) is 16.2. The van der Waals surface area contributed by atoms with Gasteiger partial charge in [0.25, 0.3) is 0 Å². The summed E-state index contributed by atoms with van der Waals surface area (Å²) in [5.41, 5.74) is 2.49. The lowest BCUT2D eigenvalue weighted by atomic mass is 9.93. The number of aromatic nitrogens is 4. The van der Waals surface area contributed by atoms with Gasteiger partial charge in [-0.15, -0.1) is 0 Å². The van der Waals surface area contributed by atoms with Crippen molar-refractivity contribution in [2.75, 3.05) is 13.1 Å². The van der Waals surface area contributed by atoms with Crippen LogP contribution in [-0.4, -0.2) is 37.5 Å². The number of aryl methyl sites for hydroxylation is 1. The molecule has 0 amide bonds. The number of piperidine rings is 1. The van der Waals surface area contributed by atoms with E-state index < -0.39 is 0 Å². The highest BCUT2D eigenvalue weighted by Crippen LogP contribution is 2.28. The molecule has 25 heavy (non-hydrogen) atoms. The van der Waals surface area contributed by atoms with Gasteiger partial charge in [-0.25, -0.2) is 9.97 Å². The number of imidazole rings is 1. The molecular weight excluding hydrogens is 310 g/mol. The lowest BCUT2D eigenvalue weighted by Gasteiger charge is -2.31. The van der Waals surface area contributed by atoms with Crippen molar-refractivity contribution in [3.63, 3.8) is 0 Å². The molecule has 0 bridgehead atoms. The van der Waals surface area contributed by atoms with E-state index in [1.165, 1.54) is 11.3 Å². The van der Waals surface area contributed by atoms with Gasteiger partial charge < -0.3 is 0 Å². The van der Waals surface area contributed by atoms with Gasteiger partial charge in [0, 0.05) is 42.9 Å². The summed E-state index contributed by atoms with van der Waals surface area (Å²) in [5, 5.41) is 0. The van der Waals surface area contributed by atoms with Crippen molar-refractivity contribution < 1.29 is 0 Å². The molecular formula is C20H23N5. The Morgan fingerprint density at radius 3 is 2.68 bits per heavy atom. The van der Waals surface area contributed by atoms with E-state index in [-0.39, 0.29) is 0 Å². The second kappa shape index (κ2) is 7.15. The van der Waals surface area contributed by atoms with E-state index in [1.54, 1.807) is 0 Å². The summed E-state index contributed by atoms with van der Waals surface area (Å²) in [6.45, 7) is 5.21. The molecule has 0 atom stereocenters. The van der Waals surface area contributed by atoms with Crippen molar-refractivity contribution in [2.45, 2.75) is 32.2 Å². The third-order valence-electron chi connectivity index (χ3n) is 4.96. The summed E-state index contributed by atoms with van der Waals surface area (Å²) in [6.07, 6.45) is 9.89. The Morgan fingerprint density at radius 2 is 1.96 bits per heavy atom. The second-order valence-electron chi connectivity index (χ2n) is 6.68. The average Bonchev–Trinajstić information content (AvgIpc) is 3.09. The third kappa shape index (κ3) is 3.61. The molecule has 5 heteroatoms. The monoisotopic (exact) mass is 333 g/mol. The summed E-state index contributed by atoms with van der Waals surface area (Å²) in [7, 11) is 0. The highest BCUT2D eigenvalue weighted by atomic mass is 15.1. The fourth-order valence-corrected chi connectivity index (χ4v) is 3.56. The number of hydrogen-bond acceptors (Lipinski definition) is 4. The van der Waals surface area contributed by atoms with Gasteiger partial charge in [0.15, 0.2) is 0 Å². The van der Waals surface area contributed by atoms with Crippen molar-refractivity contribution in [2.24, 2.45) is 0 Å². The lowest BCUT2D eigenvalue weighted by molar-refractivity contribution is 0.203. The minimum atomic E-state index is 0.536. The first-order chi connectivity index (χ1) is 12.3. The topological polar surface area (TPSA) is 46.8 Å². The molecule has 0 radical (unpaired) electrons. The van der Waals surface area contributed by atoms with Gasteiger partial charge in [-0.1, -0.05) is 12.1 Å². The molecule has 3 aromatic heterocycles. The zero-order valence-electron chi connectivity index (χ0n) is 14.5. The van der Waals surface area contributed by atoms with Gasteiger partial charge in [-0.2, -0.15) is 0 Å². The van der Waals surface area contributed by atoms with Crippen LogP contribution in [0.3, 0.4) is 0 Å². The van der Waals surface area contributed by atoms with Gasteiger partial charge in [0.1, 0.15) is 11.6 Å². The molecule has 0 spiro atoms. The van der Waals surface area contributed by atoms with Crippen LogP contribution < -0.4 is 0 Å². The van der Waals surface area contributed by atoms with E-state index in [9.17, 15) is 0 Å². The fourth-order valence-electron chi connectivity index (χ4n) is 3.56. The number of likely N-dealkylation sites (tertiary alicyclic amines) is 1. The number of hydrogen-bond donors (Lipinski definition) is 0. The Kier molecular flexibility index (Phi) is 4.57. The van der Waals surface area contributed by atoms with Crippen LogP contribution in [0.4, 0.5) is 0 Å². The first-order valence-corrected chi connectivity index (χ1v) is 8.88. The average molecular weight is 333 g/mol. The van der Waals surface area contributed by atoms with E-state index in [0.717, 1.165) is 44.1 Å². The zero-order valence-corrected chi connectivity index (χ0v) is 14.5. The van der Waals surface area contributed by atoms with E-state index in [2.05, 4.69) is 39.1 Å². The van der Waals surface area contributed by atoms with Crippen LogP contribution in [0.1, 0.15) is 35.8 Å². The molecule has 4 heterocycles. The maximum atomic E-state index is 4.90. The van der Waals surface area contributed by atoms with Crippen molar-refractivity contribution in [1.82, 2.24) is 24.4 Å². The van der Waals surface area contributed by atoms with Gasteiger partial charge in [-0.05, 0) is 56.6 Å². The summed E-state index contributed by atoms with van der Waals surface area (Å²) in [4.78, 5) is 15.9. The summed E-state index contributed by atoms with van der Waals surface area (Å²) < 4.78 is 2.04. The molecule has 1 aliphatic rings. The summed E-state index contributed by atoms with van der Waals surface area (Å²) in [5.74, 6) is 2.47. The molecule has 128 valence electrons. The zero-order chi connectivity index (χ0) is 17.1. The Bertz CT molecular complexity index is 819. The quantitative estimate of drug-likeness (QED) is 0.734. The van der Waals surface area contributed by atoms with Crippen LogP contribution in [0.2, 0.25) is 0 Å². The minimum absolute atomic E-state index is 0.536. The lowest BCUT2D eigenvalue weighted by Crippen LogP contribution is -2.32. The number of pyridine rings is 2. The van der Waals surface area contributed by atoms with E-state index in [0.29, 0.717) is 5.92 Å². The molecule has 3 aromatic rings. The van der Waals surface area contributed by atoms with Gasteiger partial charge in [-0.3, -0.25) is 14.5 Å². The first-order valence-electron chi connectivity index (χ1n) is 8.88. The molecule has 1 saturated heterocycles. The van der Waals surface area contributed by atoms with Crippen LogP contribution in [-0.2, 0) is 6.54 Å². The van der Waals surface area contributed by atoms with Crippen molar-refractivity contribution >= 4 is 0 Å². The van der Waals surface area contributed by atoms with Crippen molar-refractivity contribution in [1.29, 1.82) is 0 Å². The number of rotatable bonds is 4.